The maximum absolute atomic E-state index is 11.4. The van der Waals surface area contributed by atoms with Crippen LogP contribution in [0.3, 0.4) is 0 Å². The molecule has 0 heterocycles. The van der Waals surface area contributed by atoms with E-state index in [9.17, 15) is 4.79 Å². The summed E-state index contributed by atoms with van der Waals surface area (Å²) in [5, 5.41) is 0. The van der Waals surface area contributed by atoms with E-state index >= 15 is 0 Å². The molecule has 3 nitrogen and oxygen atoms in total. The molecule has 0 aromatic heterocycles. The van der Waals surface area contributed by atoms with Crippen LogP contribution in [0.4, 0.5) is 4.79 Å². The van der Waals surface area contributed by atoms with Gasteiger partial charge in [-0.1, -0.05) is 40.8 Å². The molecule has 1 rings (SSSR count). The molecule has 0 saturated heterocycles. The highest BCUT2D eigenvalue weighted by Gasteiger charge is 2.18. The minimum atomic E-state index is -0.662. The predicted octanol–water partition coefficient (Wildman–Crippen LogP) is 3.94. The van der Waals surface area contributed by atoms with Crippen molar-refractivity contribution in [3.8, 4) is 5.75 Å². The maximum Gasteiger partial charge on any atom is 0.514 e. The summed E-state index contributed by atoms with van der Waals surface area (Å²) in [7, 11) is 0. The third kappa shape index (κ3) is 4.38. The fourth-order valence-corrected chi connectivity index (χ4v) is 1.70. The number of hydrogen-bond acceptors (Lipinski definition) is 3. The molecule has 0 spiro atoms. The summed E-state index contributed by atoms with van der Waals surface area (Å²) in [5.41, 5.74) is 0.449. The SMILES string of the molecule is CC(C)(C)OC(=O)Oc1ccccc1CI. The highest BCUT2D eigenvalue weighted by Crippen LogP contribution is 2.21. The van der Waals surface area contributed by atoms with Gasteiger partial charge in [-0.3, -0.25) is 0 Å². The van der Waals surface area contributed by atoms with Gasteiger partial charge in [-0.05, 0) is 26.8 Å². The van der Waals surface area contributed by atoms with E-state index in [2.05, 4.69) is 22.6 Å². The number of benzene rings is 1. The van der Waals surface area contributed by atoms with Crippen LogP contribution < -0.4 is 4.74 Å². The minimum Gasteiger partial charge on any atom is -0.428 e. The van der Waals surface area contributed by atoms with Gasteiger partial charge in [-0.15, -0.1) is 0 Å². The van der Waals surface area contributed by atoms with E-state index < -0.39 is 11.8 Å². The molecule has 4 heteroatoms. The van der Waals surface area contributed by atoms with Crippen molar-refractivity contribution < 1.29 is 14.3 Å². The molecule has 0 radical (unpaired) electrons. The Kier molecular flexibility index (Phi) is 4.58. The lowest BCUT2D eigenvalue weighted by molar-refractivity contribution is 0.0205. The van der Waals surface area contributed by atoms with Crippen LogP contribution >= 0.6 is 22.6 Å². The molecule has 1 aromatic carbocycles. The van der Waals surface area contributed by atoms with Crippen molar-refractivity contribution in [2.45, 2.75) is 30.8 Å². The standard InChI is InChI=1S/C12H15IO3/c1-12(2,3)16-11(14)15-10-7-5-4-6-9(10)8-13/h4-7H,8H2,1-3H3. The van der Waals surface area contributed by atoms with E-state index in [-0.39, 0.29) is 0 Å². The molecule has 0 N–H and O–H groups in total. The van der Waals surface area contributed by atoms with Crippen LogP contribution in [0.15, 0.2) is 24.3 Å². The first-order valence-electron chi connectivity index (χ1n) is 4.97. The van der Waals surface area contributed by atoms with Crippen LogP contribution in [0.2, 0.25) is 0 Å². The first kappa shape index (κ1) is 13.3. The second-order valence-corrected chi connectivity index (χ2v) is 5.07. The molecule has 0 aliphatic rings. The van der Waals surface area contributed by atoms with Crippen molar-refractivity contribution in [1.29, 1.82) is 0 Å². The van der Waals surface area contributed by atoms with E-state index in [1.165, 1.54) is 0 Å². The van der Waals surface area contributed by atoms with Crippen molar-refractivity contribution in [2.24, 2.45) is 0 Å². The molecule has 0 amide bonds. The first-order valence-corrected chi connectivity index (χ1v) is 6.49. The Labute approximate surface area is 109 Å². The Morgan fingerprint density at radius 1 is 1.31 bits per heavy atom. The second-order valence-electron chi connectivity index (χ2n) is 4.31. The molecule has 0 atom stereocenters. The molecule has 88 valence electrons. The Hall–Kier alpha value is -0.780. The van der Waals surface area contributed by atoms with E-state index in [1.807, 2.05) is 18.2 Å². The smallest absolute Gasteiger partial charge is 0.428 e. The summed E-state index contributed by atoms with van der Waals surface area (Å²) in [5.74, 6) is 0.561. The number of rotatable bonds is 2. The topological polar surface area (TPSA) is 35.5 Å². The molecule has 16 heavy (non-hydrogen) atoms. The van der Waals surface area contributed by atoms with Crippen LogP contribution in [0, 0.1) is 0 Å². The lowest BCUT2D eigenvalue weighted by atomic mass is 10.2. The van der Waals surface area contributed by atoms with Gasteiger partial charge in [0.2, 0.25) is 0 Å². The third-order valence-corrected chi connectivity index (χ3v) is 2.52. The number of para-hydroxylation sites is 1. The van der Waals surface area contributed by atoms with Crippen molar-refractivity contribution in [3.63, 3.8) is 0 Å². The second kappa shape index (κ2) is 5.52. The average molecular weight is 334 g/mol. The lowest BCUT2D eigenvalue weighted by Gasteiger charge is -2.19. The highest BCUT2D eigenvalue weighted by molar-refractivity contribution is 14.1. The van der Waals surface area contributed by atoms with E-state index in [0.717, 1.165) is 9.99 Å². The molecule has 0 aliphatic heterocycles. The summed E-state index contributed by atoms with van der Waals surface area (Å²) < 4.78 is 11.0. The number of alkyl halides is 1. The summed E-state index contributed by atoms with van der Waals surface area (Å²) in [6.07, 6.45) is -0.662. The quantitative estimate of drug-likeness (QED) is 0.356. The fraction of sp³-hybridized carbons (Fsp3) is 0.417. The largest absolute Gasteiger partial charge is 0.514 e. The number of carbonyl (C=O) groups excluding carboxylic acids is 1. The summed E-state index contributed by atoms with van der Waals surface area (Å²) in [4.78, 5) is 11.4. The van der Waals surface area contributed by atoms with Gasteiger partial charge in [-0.25, -0.2) is 4.79 Å². The van der Waals surface area contributed by atoms with Crippen LogP contribution in [0.5, 0.6) is 5.75 Å². The molecule has 0 bridgehead atoms. The normalized spacial score (nSPS) is 11.0. The predicted molar refractivity (Wildman–Crippen MR) is 71.0 cm³/mol. The summed E-state index contributed by atoms with van der Waals surface area (Å²) >= 11 is 2.22. The monoisotopic (exact) mass is 334 g/mol. The van der Waals surface area contributed by atoms with Crippen LogP contribution in [0.25, 0.3) is 0 Å². The first-order chi connectivity index (χ1) is 7.42. The third-order valence-electron chi connectivity index (χ3n) is 1.70. The van der Waals surface area contributed by atoms with Crippen molar-refractivity contribution in [2.75, 3.05) is 0 Å². The van der Waals surface area contributed by atoms with Gasteiger partial charge >= 0.3 is 6.16 Å². The maximum atomic E-state index is 11.4. The zero-order chi connectivity index (χ0) is 12.2. The molecule has 0 unspecified atom stereocenters. The summed E-state index contributed by atoms with van der Waals surface area (Å²) in [6.45, 7) is 5.41. The Morgan fingerprint density at radius 2 is 1.94 bits per heavy atom. The van der Waals surface area contributed by atoms with Crippen LogP contribution in [-0.4, -0.2) is 11.8 Å². The van der Waals surface area contributed by atoms with Crippen LogP contribution in [0.1, 0.15) is 26.3 Å². The number of ether oxygens (including phenoxy) is 2. The van der Waals surface area contributed by atoms with Crippen molar-refractivity contribution in [1.82, 2.24) is 0 Å². The van der Waals surface area contributed by atoms with Gasteiger partial charge in [0.1, 0.15) is 11.4 Å². The Bertz CT molecular complexity index is 369. The van der Waals surface area contributed by atoms with E-state index in [1.54, 1.807) is 26.8 Å². The molecule has 1 aromatic rings. The zero-order valence-corrected chi connectivity index (χ0v) is 11.8. The fourth-order valence-electron chi connectivity index (χ4n) is 1.07. The molecular formula is C12H15IO3. The van der Waals surface area contributed by atoms with Gasteiger partial charge < -0.3 is 9.47 Å². The molecule has 0 aliphatic carbocycles. The highest BCUT2D eigenvalue weighted by atomic mass is 127. The van der Waals surface area contributed by atoms with Gasteiger partial charge in [0.25, 0.3) is 0 Å². The number of hydrogen-bond donors (Lipinski definition) is 0. The molecular weight excluding hydrogens is 319 g/mol. The number of halogens is 1. The summed E-state index contributed by atoms with van der Waals surface area (Å²) in [6, 6.07) is 7.43. The molecule has 0 fully saturated rings. The van der Waals surface area contributed by atoms with Gasteiger partial charge in [0, 0.05) is 9.99 Å². The van der Waals surface area contributed by atoms with Gasteiger partial charge in [-0.2, -0.15) is 0 Å². The van der Waals surface area contributed by atoms with Crippen molar-refractivity contribution >= 4 is 28.7 Å². The molecule has 0 saturated carbocycles. The zero-order valence-electron chi connectivity index (χ0n) is 9.62. The number of carbonyl (C=O) groups is 1. The lowest BCUT2D eigenvalue weighted by Crippen LogP contribution is -2.26. The van der Waals surface area contributed by atoms with Crippen LogP contribution in [-0.2, 0) is 9.16 Å². The Morgan fingerprint density at radius 3 is 2.50 bits per heavy atom. The van der Waals surface area contributed by atoms with Gasteiger partial charge in [0.15, 0.2) is 0 Å². The van der Waals surface area contributed by atoms with Crippen molar-refractivity contribution in [3.05, 3.63) is 29.8 Å². The minimum absolute atomic E-state index is 0.531. The Balaban J connectivity index is 2.70. The van der Waals surface area contributed by atoms with Gasteiger partial charge in [0.05, 0.1) is 0 Å². The van der Waals surface area contributed by atoms with E-state index in [4.69, 9.17) is 9.47 Å². The average Bonchev–Trinajstić information content (AvgIpc) is 2.15. The van der Waals surface area contributed by atoms with E-state index in [0.29, 0.717) is 5.75 Å².